The first-order valence-electron chi connectivity index (χ1n) is 7.02. The first-order valence-corrected chi connectivity index (χ1v) is 7.79. The summed E-state index contributed by atoms with van der Waals surface area (Å²) in [6.07, 6.45) is 0. The van der Waals surface area contributed by atoms with Gasteiger partial charge in [0.2, 0.25) is 0 Å². The molecule has 0 fully saturated rings. The fraction of sp³-hybridized carbons (Fsp3) is 0.176. The van der Waals surface area contributed by atoms with Gasteiger partial charge in [-0.05, 0) is 44.0 Å². The van der Waals surface area contributed by atoms with Gasteiger partial charge in [0.15, 0.2) is 0 Å². The van der Waals surface area contributed by atoms with Gasteiger partial charge >= 0.3 is 0 Å². The molecule has 6 heteroatoms. The highest BCUT2D eigenvalue weighted by Gasteiger charge is 2.37. The van der Waals surface area contributed by atoms with Crippen molar-refractivity contribution in [3.63, 3.8) is 0 Å². The second-order valence-electron chi connectivity index (χ2n) is 5.44. The minimum Gasteiger partial charge on any atom is -0.507 e. The summed E-state index contributed by atoms with van der Waals surface area (Å²) in [5.74, 6) is -0.821. The van der Waals surface area contributed by atoms with E-state index in [-0.39, 0.29) is 11.5 Å². The molecule has 0 saturated heterocycles. The third-order valence-corrected chi connectivity index (χ3v) is 5.32. The zero-order valence-electron chi connectivity index (χ0n) is 12.9. The summed E-state index contributed by atoms with van der Waals surface area (Å²) in [7, 11) is 0. The van der Waals surface area contributed by atoms with Gasteiger partial charge < -0.3 is 10.2 Å². The predicted octanol–water partition coefficient (Wildman–Crippen LogP) is 3.33. The Bertz CT molecular complexity index is 796. The lowest BCUT2D eigenvalue weighted by Gasteiger charge is -2.18. The maximum atomic E-state index is 12.4. The van der Waals surface area contributed by atoms with Crippen molar-refractivity contribution < 1.29 is 19.8 Å². The fourth-order valence-corrected chi connectivity index (χ4v) is 3.56. The third-order valence-electron chi connectivity index (χ3n) is 4.12. The Hall–Kier alpha value is -2.47. The zero-order valence-corrected chi connectivity index (χ0v) is 13.7. The number of hydrogen-bond donors (Lipinski definition) is 2. The molecule has 1 aliphatic heterocycles. The number of phenolic OH excluding ortho intramolecular Hbond substituents is 2. The van der Waals surface area contributed by atoms with Gasteiger partial charge in [-0.2, -0.15) is 0 Å². The molecule has 0 atom stereocenters. The SMILES string of the molecule is Cc1c(C)c(O)c(SN2C(=O)c3ccccc3C2=O)c(C)c1O. The smallest absolute Gasteiger partial charge is 0.272 e. The van der Waals surface area contributed by atoms with Crippen LogP contribution in [-0.2, 0) is 0 Å². The number of nitrogens with zero attached hydrogens (tertiary/aromatic N) is 1. The Balaban J connectivity index is 2.05. The van der Waals surface area contributed by atoms with Crippen molar-refractivity contribution >= 4 is 23.8 Å². The maximum absolute atomic E-state index is 12.4. The molecule has 118 valence electrons. The first-order chi connectivity index (χ1) is 10.8. The van der Waals surface area contributed by atoms with Crippen molar-refractivity contribution in [1.29, 1.82) is 0 Å². The summed E-state index contributed by atoms with van der Waals surface area (Å²) < 4.78 is 1.01. The first kappa shape index (κ1) is 15.4. The summed E-state index contributed by atoms with van der Waals surface area (Å²) in [4.78, 5) is 25.1. The highest BCUT2D eigenvalue weighted by Crippen LogP contribution is 2.44. The number of benzene rings is 2. The van der Waals surface area contributed by atoms with E-state index in [0.717, 1.165) is 16.3 Å². The molecule has 0 aromatic heterocycles. The molecule has 2 N–H and O–H groups in total. The van der Waals surface area contributed by atoms with Crippen molar-refractivity contribution in [3.8, 4) is 11.5 Å². The van der Waals surface area contributed by atoms with Crippen LogP contribution >= 0.6 is 11.9 Å². The largest absolute Gasteiger partial charge is 0.507 e. The number of phenols is 2. The van der Waals surface area contributed by atoms with E-state index in [4.69, 9.17) is 0 Å². The van der Waals surface area contributed by atoms with Gasteiger partial charge in [-0.25, -0.2) is 4.31 Å². The fourth-order valence-electron chi connectivity index (χ4n) is 2.54. The molecule has 23 heavy (non-hydrogen) atoms. The zero-order chi connectivity index (χ0) is 16.9. The predicted molar refractivity (Wildman–Crippen MR) is 86.8 cm³/mol. The van der Waals surface area contributed by atoms with Gasteiger partial charge in [0, 0.05) is 17.5 Å². The van der Waals surface area contributed by atoms with Crippen LogP contribution in [0.2, 0.25) is 0 Å². The Morgan fingerprint density at radius 3 is 1.83 bits per heavy atom. The molecule has 0 saturated carbocycles. The molecule has 2 aromatic carbocycles. The number of rotatable bonds is 2. The Kier molecular flexibility index (Phi) is 3.56. The minimum atomic E-state index is -0.424. The van der Waals surface area contributed by atoms with Gasteiger partial charge in [0.25, 0.3) is 11.8 Å². The van der Waals surface area contributed by atoms with E-state index in [1.165, 1.54) is 0 Å². The lowest BCUT2D eigenvalue weighted by atomic mass is 10.0. The van der Waals surface area contributed by atoms with Gasteiger partial charge in [0.1, 0.15) is 11.5 Å². The van der Waals surface area contributed by atoms with Gasteiger partial charge in [-0.15, -0.1) is 0 Å². The second kappa shape index (κ2) is 5.31. The van der Waals surface area contributed by atoms with E-state index >= 15 is 0 Å². The van der Waals surface area contributed by atoms with Crippen molar-refractivity contribution in [2.24, 2.45) is 0 Å². The molecular formula is C17H15NO4S. The number of carbonyl (C=O) groups excluding carboxylic acids is 2. The molecule has 1 aliphatic rings. The molecule has 5 nitrogen and oxygen atoms in total. The number of fused-ring (bicyclic) bond motifs is 1. The number of hydrogen-bond acceptors (Lipinski definition) is 5. The molecule has 0 unspecified atom stereocenters. The lowest BCUT2D eigenvalue weighted by Crippen LogP contribution is -2.22. The molecule has 0 aliphatic carbocycles. The van der Waals surface area contributed by atoms with Crippen LogP contribution in [0, 0.1) is 20.8 Å². The van der Waals surface area contributed by atoms with E-state index in [1.54, 1.807) is 45.0 Å². The molecule has 2 aromatic rings. The summed E-state index contributed by atoms with van der Waals surface area (Å²) in [6, 6.07) is 6.59. The standard InChI is InChI=1S/C17H15NO4S/c1-8-9(2)14(20)15(10(3)13(8)19)23-18-16(21)11-6-4-5-7-12(11)17(18)22/h4-7,19-20H,1-3H3. The molecular weight excluding hydrogens is 314 g/mol. The van der Waals surface area contributed by atoms with E-state index < -0.39 is 11.8 Å². The highest BCUT2D eigenvalue weighted by molar-refractivity contribution is 7.98. The second-order valence-corrected chi connectivity index (χ2v) is 6.40. The van der Waals surface area contributed by atoms with Crippen molar-refractivity contribution in [1.82, 2.24) is 4.31 Å². The van der Waals surface area contributed by atoms with Crippen LogP contribution in [0.25, 0.3) is 0 Å². The highest BCUT2D eigenvalue weighted by atomic mass is 32.2. The van der Waals surface area contributed by atoms with Gasteiger partial charge in [-0.1, -0.05) is 12.1 Å². The summed E-state index contributed by atoms with van der Waals surface area (Å²) in [5, 5.41) is 20.5. The van der Waals surface area contributed by atoms with Crippen LogP contribution in [0.1, 0.15) is 37.4 Å². The Labute approximate surface area is 137 Å². The summed E-state index contributed by atoms with van der Waals surface area (Å²) >= 11 is 0.839. The van der Waals surface area contributed by atoms with Crippen LogP contribution < -0.4 is 0 Å². The van der Waals surface area contributed by atoms with Gasteiger partial charge in [-0.3, -0.25) is 9.59 Å². The van der Waals surface area contributed by atoms with Crippen LogP contribution in [0.15, 0.2) is 29.2 Å². The van der Waals surface area contributed by atoms with Crippen LogP contribution in [0.4, 0.5) is 0 Å². The molecule has 2 amide bonds. The quantitative estimate of drug-likeness (QED) is 0.502. The van der Waals surface area contributed by atoms with Gasteiger partial charge in [0.05, 0.1) is 16.0 Å². The Morgan fingerprint density at radius 1 is 0.826 bits per heavy atom. The average Bonchev–Trinajstić information content (AvgIpc) is 2.80. The number of aromatic hydroxyl groups is 2. The lowest BCUT2D eigenvalue weighted by molar-refractivity contribution is 0.0777. The van der Waals surface area contributed by atoms with E-state index in [0.29, 0.717) is 32.7 Å². The number of imide groups is 1. The number of carbonyl (C=O) groups is 2. The molecule has 0 bridgehead atoms. The van der Waals surface area contributed by atoms with Crippen molar-refractivity contribution in [3.05, 3.63) is 52.1 Å². The number of amides is 2. The Morgan fingerprint density at radius 2 is 1.30 bits per heavy atom. The van der Waals surface area contributed by atoms with E-state index in [1.807, 2.05) is 0 Å². The monoisotopic (exact) mass is 329 g/mol. The summed E-state index contributed by atoms with van der Waals surface area (Å²) in [5.41, 5.74) is 2.22. The van der Waals surface area contributed by atoms with Crippen LogP contribution in [0.3, 0.4) is 0 Å². The van der Waals surface area contributed by atoms with Crippen molar-refractivity contribution in [2.75, 3.05) is 0 Å². The van der Waals surface area contributed by atoms with E-state index in [2.05, 4.69) is 0 Å². The topological polar surface area (TPSA) is 77.8 Å². The average molecular weight is 329 g/mol. The minimum absolute atomic E-state index is 0.0284. The molecule has 0 spiro atoms. The van der Waals surface area contributed by atoms with Crippen LogP contribution in [-0.4, -0.2) is 26.3 Å². The van der Waals surface area contributed by atoms with Crippen molar-refractivity contribution in [2.45, 2.75) is 25.7 Å². The normalized spacial score (nSPS) is 13.6. The molecule has 1 heterocycles. The summed E-state index contributed by atoms with van der Waals surface area (Å²) in [6.45, 7) is 5.02. The van der Waals surface area contributed by atoms with E-state index in [9.17, 15) is 19.8 Å². The molecule has 0 radical (unpaired) electrons. The third kappa shape index (κ3) is 2.17. The maximum Gasteiger partial charge on any atom is 0.272 e. The van der Waals surface area contributed by atoms with Crippen LogP contribution in [0.5, 0.6) is 11.5 Å². The molecule has 3 rings (SSSR count).